The van der Waals surface area contributed by atoms with Crippen LogP contribution in [-0.4, -0.2) is 51.5 Å². The van der Waals surface area contributed by atoms with Gasteiger partial charge in [-0.2, -0.15) is 0 Å². The van der Waals surface area contributed by atoms with E-state index in [0.717, 1.165) is 66.2 Å². The molecule has 1 saturated heterocycles. The first kappa shape index (κ1) is 17.8. The molecule has 1 aliphatic rings. The number of amides is 1. The van der Waals surface area contributed by atoms with Gasteiger partial charge in [0, 0.05) is 43.6 Å². The highest BCUT2D eigenvalue weighted by molar-refractivity contribution is 5.98. The molecule has 0 saturated carbocycles. The van der Waals surface area contributed by atoms with Gasteiger partial charge in [0.15, 0.2) is 0 Å². The molecule has 5 rings (SSSR count). The van der Waals surface area contributed by atoms with Crippen LogP contribution in [0.25, 0.3) is 21.9 Å². The van der Waals surface area contributed by atoms with Crippen LogP contribution in [0.5, 0.6) is 0 Å². The molecule has 29 heavy (non-hydrogen) atoms. The molecule has 2 aromatic carbocycles. The molecular weight excluding hydrogens is 362 g/mol. The molecule has 0 atom stereocenters. The lowest BCUT2D eigenvalue weighted by atomic mass is 10.2. The summed E-state index contributed by atoms with van der Waals surface area (Å²) in [7, 11) is 0. The Kier molecular flexibility index (Phi) is 4.46. The number of nitrogens with zero attached hydrogens (tertiary/aromatic N) is 4. The van der Waals surface area contributed by atoms with Crippen molar-refractivity contribution < 1.29 is 4.79 Å². The number of nitrogens with one attached hydrogen (secondary N) is 1. The Morgan fingerprint density at radius 2 is 1.86 bits per heavy atom. The molecule has 0 spiro atoms. The monoisotopic (exact) mass is 387 g/mol. The fraction of sp³-hybridized carbons (Fsp3) is 0.304. The van der Waals surface area contributed by atoms with E-state index in [1.165, 1.54) is 0 Å². The lowest BCUT2D eigenvalue weighted by Crippen LogP contribution is -2.36. The van der Waals surface area contributed by atoms with Crippen LogP contribution in [0.15, 0.2) is 54.6 Å². The van der Waals surface area contributed by atoms with Crippen LogP contribution in [0.3, 0.4) is 0 Å². The van der Waals surface area contributed by atoms with Crippen LogP contribution >= 0.6 is 0 Å². The fourth-order valence-electron chi connectivity index (χ4n) is 4.31. The minimum Gasteiger partial charge on any atom is -0.341 e. The molecule has 1 aliphatic heterocycles. The third-order valence-corrected chi connectivity index (χ3v) is 5.81. The van der Waals surface area contributed by atoms with Gasteiger partial charge >= 0.3 is 0 Å². The van der Waals surface area contributed by atoms with E-state index >= 15 is 0 Å². The lowest BCUT2D eigenvalue weighted by Gasteiger charge is -2.22. The summed E-state index contributed by atoms with van der Waals surface area (Å²) < 4.78 is 2.12. The zero-order chi connectivity index (χ0) is 19.8. The third kappa shape index (κ3) is 3.14. The molecule has 1 N–H and O–H groups in total. The van der Waals surface area contributed by atoms with Crippen molar-refractivity contribution in [2.45, 2.75) is 19.9 Å². The zero-order valence-electron chi connectivity index (χ0n) is 16.6. The molecule has 0 aliphatic carbocycles. The van der Waals surface area contributed by atoms with Crippen LogP contribution in [0.1, 0.15) is 23.8 Å². The molecule has 2 aromatic heterocycles. The number of carbonyl (C=O) groups excluding carboxylic acids is 1. The maximum absolute atomic E-state index is 13.3. The topological polar surface area (TPSA) is 57.2 Å². The van der Waals surface area contributed by atoms with Crippen molar-refractivity contribution in [3.8, 4) is 0 Å². The number of para-hydroxylation sites is 3. The van der Waals surface area contributed by atoms with E-state index < -0.39 is 0 Å². The molecule has 0 unspecified atom stereocenters. The Morgan fingerprint density at radius 1 is 1.03 bits per heavy atom. The molecular formula is C23H25N5O. The molecule has 4 aromatic rings. The Balaban J connectivity index is 1.37. The van der Waals surface area contributed by atoms with Crippen molar-refractivity contribution in [2.24, 2.45) is 0 Å². The first-order valence-corrected chi connectivity index (χ1v) is 10.3. The maximum Gasteiger partial charge on any atom is 0.270 e. The molecule has 6 nitrogen and oxygen atoms in total. The summed E-state index contributed by atoms with van der Waals surface area (Å²) >= 11 is 0. The van der Waals surface area contributed by atoms with Crippen molar-refractivity contribution in [3.05, 3.63) is 60.3 Å². The molecule has 0 radical (unpaired) electrons. The number of imidazole rings is 1. The molecule has 1 amide bonds. The number of benzene rings is 2. The van der Waals surface area contributed by atoms with E-state index in [-0.39, 0.29) is 5.91 Å². The largest absolute Gasteiger partial charge is 0.341 e. The Morgan fingerprint density at radius 3 is 2.72 bits per heavy atom. The Bertz CT molecular complexity index is 1140. The summed E-state index contributed by atoms with van der Waals surface area (Å²) in [6, 6.07) is 18.3. The average Bonchev–Trinajstić information content (AvgIpc) is 3.26. The first-order valence-electron chi connectivity index (χ1n) is 10.3. The predicted octanol–water partition coefficient (Wildman–Crippen LogP) is 3.89. The summed E-state index contributed by atoms with van der Waals surface area (Å²) in [4.78, 5) is 25.7. The van der Waals surface area contributed by atoms with Gasteiger partial charge in [-0.3, -0.25) is 4.79 Å². The predicted molar refractivity (Wildman–Crippen MR) is 116 cm³/mol. The fourth-order valence-corrected chi connectivity index (χ4v) is 4.31. The van der Waals surface area contributed by atoms with Gasteiger partial charge in [0.2, 0.25) is 5.95 Å². The second kappa shape index (κ2) is 7.28. The number of carbonyl (C=O) groups is 1. The highest BCUT2D eigenvalue weighted by atomic mass is 16.2. The van der Waals surface area contributed by atoms with E-state index in [1.54, 1.807) is 0 Å². The number of fused-ring (bicyclic) bond motifs is 2. The summed E-state index contributed by atoms with van der Waals surface area (Å²) in [5, 5.41) is 1.12. The summed E-state index contributed by atoms with van der Waals surface area (Å²) in [5.41, 5.74) is 3.93. The van der Waals surface area contributed by atoms with E-state index in [9.17, 15) is 4.79 Å². The van der Waals surface area contributed by atoms with Gasteiger partial charge in [0.25, 0.3) is 5.91 Å². The summed E-state index contributed by atoms with van der Waals surface area (Å²) in [6.45, 7) is 6.00. The quantitative estimate of drug-likeness (QED) is 0.580. The molecule has 6 heteroatoms. The van der Waals surface area contributed by atoms with Crippen molar-refractivity contribution in [1.29, 1.82) is 0 Å². The molecule has 148 valence electrons. The number of aromatic amines is 1. The number of hydrogen-bond acceptors (Lipinski definition) is 3. The van der Waals surface area contributed by atoms with Crippen molar-refractivity contribution in [2.75, 3.05) is 31.1 Å². The number of aryl methyl sites for hydroxylation is 1. The van der Waals surface area contributed by atoms with Crippen LogP contribution in [0.2, 0.25) is 0 Å². The number of anilines is 1. The van der Waals surface area contributed by atoms with Gasteiger partial charge in [-0.15, -0.1) is 0 Å². The first-order chi connectivity index (χ1) is 14.2. The highest BCUT2D eigenvalue weighted by Crippen LogP contribution is 2.23. The minimum atomic E-state index is 0.120. The van der Waals surface area contributed by atoms with Crippen LogP contribution in [0.4, 0.5) is 5.95 Å². The Labute approximate surface area is 169 Å². The lowest BCUT2D eigenvalue weighted by molar-refractivity contribution is 0.0757. The van der Waals surface area contributed by atoms with Gasteiger partial charge < -0.3 is 19.4 Å². The maximum atomic E-state index is 13.3. The van der Waals surface area contributed by atoms with Crippen LogP contribution in [-0.2, 0) is 6.54 Å². The minimum absolute atomic E-state index is 0.120. The van der Waals surface area contributed by atoms with Crippen molar-refractivity contribution in [1.82, 2.24) is 19.4 Å². The molecule has 3 heterocycles. The second-order valence-corrected chi connectivity index (χ2v) is 7.54. The third-order valence-electron chi connectivity index (χ3n) is 5.81. The van der Waals surface area contributed by atoms with E-state index in [1.807, 2.05) is 47.4 Å². The van der Waals surface area contributed by atoms with Gasteiger partial charge in [-0.25, -0.2) is 4.98 Å². The van der Waals surface area contributed by atoms with E-state index in [4.69, 9.17) is 4.98 Å². The van der Waals surface area contributed by atoms with E-state index in [2.05, 4.69) is 33.5 Å². The standard InChI is InChI=1S/C23H25N5O/c1-2-28-20-11-6-3-8-17(20)16-21(28)22(29)26-12-7-13-27(15-14-26)23-24-18-9-4-5-10-19(18)25-23/h3-6,8-11,16H,2,7,12-15H2,1H3,(H,24,25). The number of H-pyrrole nitrogens is 1. The summed E-state index contributed by atoms with van der Waals surface area (Å²) in [5.74, 6) is 1.01. The van der Waals surface area contributed by atoms with Crippen LogP contribution in [0, 0.1) is 0 Å². The number of hydrogen-bond donors (Lipinski definition) is 1. The van der Waals surface area contributed by atoms with Gasteiger partial charge in [-0.1, -0.05) is 30.3 Å². The van der Waals surface area contributed by atoms with Crippen molar-refractivity contribution in [3.63, 3.8) is 0 Å². The molecule has 1 fully saturated rings. The zero-order valence-corrected chi connectivity index (χ0v) is 16.6. The Hall–Kier alpha value is -3.28. The number of aromatic nitrogens is 3. The van der Waals surface area contributed by atoms with Crippen LogP contribution < -0.4 is 4.90 Å². The van der Waals surface area contributed by atoms with Gasteiger partial charge in [0.05, 0.1) is 11.0 Å². The van der Waals surface area contributed by atoms with E-state index in [0.29, 0.717) is 6.54 Å². The smallest absolute Gasteiger partial charge is 0.270 e. The second-order valence-electron chi connectivity index (χ2n) is 7.54. The van der Waals surface area contributed by atoms with Crippen molar-refractivity contribution >= 4 is 33.8 Å². The van der Waals surface area contributed by atoms with Gasteiger partial charge in [0.1, 0.15) is 5.69 Å². The van der Waals surface area contributed by atoms with Gasteiger partial charge in [-0.05, 0) is 37.6 Å². The normalized spacial score (nSPS) is 15.2. The highest BCUT2D eigenvalue weighted by Gasteiger charge is 2.24. The summed E-state index contributed by atoms with van der Waals surface area (Å²) in [6.07, 6.45) is 0.926. The molecule has 0 bridgehead atoms. The SMILES string of the molecule is CCn1c(C(=O)N2CCCN(c3nc4ccccc4[nH]3)CC2)cc2ccccc21. The number of rotatable bonds is 3. The average molecular weight is 387 g/mol.